The van der Waals surface area contributed by atoms with Gasteiger partial charge in [-0.1, -0.05) is 0 Å². The third-order valence-corrected chi connectivity index (χ3v) is 4.92. The van der Waals surface area contributed by atoms with Gasteiger partial charge in [-0.25, -0.2) is 0 Å². The van der Waals surface area contributed by atoms with E-state index in [1.807, 2.05) is 0 Å². The Hall–Kier alpha value is -3.34. The fraction of sp³-hybridized carbons (Fsp3) is 0. The van der Waals surface area contributed by atoms with Gasteiger partial charge in [0.05, 0.1) is 26.5 Å². The van der Waals surface area contributed by atoms with Gasteiger partial charge in [-0.05, 0) is 18.2 Å². The number of nitro benzene ring substituents is 2. The van der Waals surface area contributed by atoms with Crippen molar-refractivity contribution < 1.29 is 18.3 Å². The molecule has 1 aromatic heterocycles. The first-order chi connectivity index (χ1) is 11.3. The summed E-state index contributed by atoms with van der Waals surface area (Å²) in [6.07, 6.45) is 1.20. The van der Waals surface area contributed by atoms with Gasteiger partial charge >= 0.3 is 0 Å². The van der Waals surface area contributed by atoms with Gasteiger partial charge in [0.15, 0.2) is 0 Å². The molecule has 0 fully saturated rings. The highest BCUT2D eigenvalue weighted by Gasteiger charge is 2.22. The zero-order chi connectivity index (χ0) is 17.5. The highest BCUT2D eigenvalue weighted by Crippen LogP contribution is 2.25. The lowest BCUT2D eigenvalue weighted by molar-refractivity contribution is -0.385. The maximum Gasteiger partial charge on any atom is 0.283 e. The van der Waals surface area contributed by atoms with Crippen molar-refractivity contribution in [3.8, 4) is 0 Å². The molecule has 0 N–H and O–H groups in total. The van der Waals surface area contributed by atoms with Crippen molar-refractivity contribution in [1.29, 1.82) is 0 Å². The van der Waals surface area contributed by atoms with Crippen molar-refractivity contribution in [3.05, 3.63) is 68.9 Å². The summed E-state index contributed by atoms with van der Waals surface area (Å²) in [5, 5.41) is 25.5. The first-order valence-corrected chi connectivity index (χ1v) is 7.87. The second-order valence-electron chi connectivity index (χ2n) is 4.74. The molecule has 0 radical (unpaired) electrons. The van der Waals surface area contributed by atoms with E-state index in [1.165, 1.54) is 24.4 Å². The minimum Gasteiger partial charge on any atom is -0.258 e. The third-order valence-electron chi connectivity index (χ3n) is 3.30. The number of nitrogens with zero attached hydrogens (tertiary/aromatic N) is 4. The summed E-state index contributed by atoms with van der Waals surface area (Å²) >= 11 is 0. The second-order valence-corrected chi connectivity index (χ2v) is 6.51. The SMILES string of the molecule is O=[N+]([O-])c1ccc(S(=O)(=O)n2ncc3cc([N+](=O)[O-])ccc32)cc1. The molecule has 11 heteroatoms. The molecular formula is C13H8N4O6S. The lowest BCUT2D eigenvalue weighted by Gasteiger charge is -2.05. The third kappa shape index (κ3) is 2.46. The van der Waals surface area contributed by atoms with Crippen LogP contribution in [0.3, 0.4) is 0 Å². The molecule has 10 nitrogen and oxygen atoms in total. The summed E-state index contributed by atoms with van der Waals surface area (Å²) < 4.78 is 25.9. The minimum atomic E-state index is -4.08. The Bertz CT molecular complexity index is 1070. The molecule has 0 atom stereocenters. The Morgan fingerprint density at radius 1 is 0.917 bits per heavy atom. The molecule has 0 aliphatic heterocycles. The Morgan fingerprint density at radius 3 is 2.08 bits per heavy atom. The van der Waals surface area contributed by atoms with Gasteiger partial charge in [0, 0.05) is 29.7 Å². The summed E-state index contributed by atoms with van der Waals surface area (Å²) in [4.78, 5) is 20.0. The molecule has 0 unspecified atom stereocenters. The maximum atomic E-state index is 12.6. The standard InChI is InChI=1S/C13H8N4O6S/c18-16(19)10-1-4-12(5-2-10)24(22,23)15-13-6-3-11(17(20)21)7-9(13)8-14-15/h1-8H. The molecule has 0 saturated heterocycles. The first-order valence-electron chi connectivity index (χ1n) is 6.43. The lowest BCUT2D eigenvalue weighted by atomic mass is 10.2. The normalized spacial score (nSPS) is 11.5. The summed E-state index contributed by atoms with van der Waals surface area (Å²) in [5.41, 5.74) is -0.261. The fourth-order valence-corrected chi connectivity index (χ4v) is 3.42. The number of nitro groups is 2. The van der Waals surface area contributed by atoms with Gasteiger partial charge in [-0.3, -0.25) is 20.2 Å². The Morgan fingerprint density at radius 2 is 1.50 bits per heavy atom. The number of rotatable bonds is 4. The number of benzene rings is 2. The molecule has 3 aromatic rings. The van der Waals surface area contributed by atoms with Gasteiger partial charge in [0.2, 0.25) is 0 Å². The van der Waals surface area contributed by atoms with E-state index in [1.54, 1.807) is 0 Å². The van der Waals surface area contributed by atoms with E-state index in [9.17, 15) is 28.6 Å². The van der Waals surface area contributed by atoms with Gasteiger partial charge < -0.3 is 0 Å². The van der Waals surface area contributed by atoms with Crippen LogP contribution in [0, 0.1) is 20.2 Å². The second kappa shape index (κ2) is 5.38. The maximum absolute atomic E-state index is 12.6. The van der Waals surface area contributed by atoms with Crippen LogP contribution < -0.4 is 0 Å². The summed E-state index contributed by atoms with van der Waals surface area (Å²) in [6.45, 7) is 0. The van der Waals surface area contributed by atoms with Gasteiger partial charge in [0.1, 0.15) is 0 Å². The molecule has 0 aliphatic carbocycles. The fourth-order valence-electron chi connectivity index (χ4n) is 2.14. The van der Waals surface area contributed by atoms with E-state index in [0.29, 0.717) is 0 Å². The monoisotopic (exact) mass is 348 g/mol. The summed E-state index contributed by atoms with van der Waals surface area (Å²) in [6, 6.07) is 8.02. The predicted molar refractivity (Wildman–Crippen MR) is 82.1 cm³/mol. The molecular weight excluding hydrogens is 340 g/mol. The molecule has 1 heterocycles. The van der Waals surface area contributed by atoms with Crippen molar-refractivity contribution in [2.75, 3.05) is 0 Å². The van der Waals surface area contributed by atoms with E-state index in [0.717, 1.165) is 28.4 Å². The summed E-state index contributed by atoms with van der Waals surface area (Å²) in [5.74, 6) is 0. The Labute approximate surface area is 134 Å². The number of hydrogen-bond donors (Lipinski definition) is 0. The van der Waals surface area contributed by atoms with E-state index < -0.39 is 19.9 Å². The van der Waals surface area contributed by atoms with Crippen LogP contribution in [0.25, 0.3) is 10.9 Å². The van der Waals surface area contributed by atoms with Crippen molar-refractivity contribution in [2.45, 2.75) is 4.90 Å². The Balaban J connectivity index is 2.11. The van der Waals surface area contributed by atoms with E-state index in [-0.39, 0.29) is 27.2 Å². The molecule has 24 heavy (non-hydrogen) atoms. The quantitative estimate of drug-likeness (QED) is 0.519. The van der Waals surface area contributed by atoms with Crippen LogP contribution >= 0.6 is 0 Å². The number of non-ortho nitro benzene ring substituents is 2. The molecule has 0 spiro atoms. The molecule has 0 aliphatic rings. The Kier molecular flexibility index (Phi) is 3.49. The smallest absolute Gasteiger partial charge is 0.258 e. The predicted octanol–water partition coefficient (Wildman–Crippen LogP) is 2.09. The minimum absolute atomic E-state index is 0.166. The van der Waals surface area contributed by atoms with Crippen LogP contribution in [0.5, 0.6) is 0 Å². The van der Waals surface area contributed by atoms with Crippen LogP contribution in [-0.4, -0.2) is 27.5 Å². The van der Waals surface area contributed by atoms with Crippen LogP contribution in [0.15, 0.2) is 53.6 Å². The van der Waals surface area contributed by atoms with Crippen LogP contribution in [0.1, 0.15) is 0 Å². The highest BCUT2D eigenvalue weighted by atomic mass is 32.2. The zero-order valence-corrected chi connectivity index (χ0v) is 12.6. The lowest BCUT2D eigenvalue weighted by Crippen LogP contribution is -2.14. The largest absolute Gasteiger partial charge is 0.283 e. The van der Waals surface area contributed by atoms with Crippen molar-refractivity contribution in [3.63, 3.8) is 0 Å². The number of aromatic nitrogens is 2. The zero-order valence-electron chi connectivity index (χ0n) is 11.8. The number of hydrogen-bond acceptors (Lipinski definition) is 7. The van der Waals surface area contributed by atoms with Crippen molar-refractivity contribution in [2.24, 2.45) is 0 Å². The van der Waals surface area contributed by atoms with Gasteiger partial charge in [-0.2, -0.15) is 17.6 Å². The van der Waals surface area contributed by atoms with E-state index >= 15 is 0 Å². The molecule has 2 aromatic carbocycles. The molecule has 0 bridgehead atoms. The average Bonchev–Trinajstić information content (AvgIpc) is 2.98. The molecule has 0 amide bonds. The highest BCUT2D eigenvalue weighted by molar-refractivity contribution is 7.90. The van der Waals surface area contributed by atoms with E-state index in [4.69, 9.17) is 0 Å². The van der Waals surface area contributed by atoms with Gasteiger partial charge in [-0.15, -0.1) is 0 Å². The molecule has 0 saturated carbocycles. The van der Waals surface area contributed by atoms with Gasteiger partial charge in [0.25, 0.3) is 21.4 Å². The van der Waals surface area contributed by atoms with Crippen LogP contribution in [0.4, 0.5) is 11.4 Å². The molecule has 122 valence electrons. The van der Waals surface area contributed by atoms with Crippen LogP contribution in [0.2, 0.25) is 0 Å². The van der Waals surface area contributed by atoms with E-state index in [2.05, 4.69) is 5.10 Å². The summed E-state index contributed by atoms with van der Waals surface area (Å²) in [7, 11) is -4.08. The first kappa shape index (κ1) is 15.6. The number of fused-ring (bicyclic) bond motifs is 1. The average molecular weight is 348 g/mol. The van der Waals surface area contributed by atoms with Crippen molar-refractivity contribution >= 4 is 32.3 Å². The molecule has 3 rings (SSSR count). The topological polar surface area (TPSA) is 138 Å². The van der Waals surface area contributed by atoms with Crippen LogP contribution in [-0.2, 0) is 10.0 Å². The van der Waals surface area contributed by atoms with Crippen molar-refractivity contribution in [1.82, 2.24) is 9.19 Å².